The van der Waals surface area contributed by atoms with Gasteiger partial charge in [-0.1, -0.05) is 218 Å². The minimum absolute atomic E-state index is 0.608. The molecule has 0 saturated heterocycles. The predicted octanol–water partition coefficient (Wildman–Crippen LogP) is 18.0. The van der Waals surface area contributed by atoms with Crippen LogP contribution in [0.5, 0.6) is 0 Å². The molecule has 4 heteroatoms. The average Bonchev–Trinajstić information content (AvgIpc) is 3.96. The number of nitrogens with zero attached hydrogens (tertiary/aromatic N) is 4. The van der Waals surface area contributed by atoms with Crippen LogP contribution in [-0.4, -0.2) is 15.0 Å². The number of aromatic nitrogens is 3. The molecule has 0 amide bonds. The monoisotopic (exact) mass is 946 g/mol. The third-order valence-corrected chi connectivity index (χ3v) is 14.8. The quantitative estimate of drug-likeness (QED) is 0.128. The van der Waals surface area contributed by atoms with E-state index in [9.17, 15) is 0 Å². The van der Waals surface area contributed by atoms with Crippen LogP contribution < -0.4 is 4.90 Å². The summed E-state index contributed by atoms with van der Waals surface area (Å²) in [5.74, 6) is 1.94. The predicted molar refractivity (Wildman–Crippen MR) is 306 cm³/mol. The van der Waals surface area contributed by atoms with Gasteiger partial charge >= 0.3 is 0 Å². The molecule has 1 heterocycles. The Morgan fingerprint density at radius 2 is 0.743 bits per heavy atom. The Labute approximate surface area is 433 Å². The zero-order valence-electron chi connectivity index (χ0n) is 41.2. The summed E-state index contributed by atoms with van der Waals surface area (Å²) >= 11 is 0. The molecule has 11 aromatic rings. The Morgan fingerprint density at radius 3 is 1.26 bits per heavy atom. The van der Waals surface area contributed by atoms with E-state index in [4.69, 9.17) is 15.0 Å². The van der Waals surface area contributed by atoms with Gasteiger partial charge in [-0.15, -0.1) is 0 Å². The maximum absolute atomic E-state index is 5.20. The molecule has 0 radical (unpaired) electrons. The minimum atomic E-state index is -0.608. The average molecular weight is 947 g/mol. The Balaban J connectivity index is 0.981. The van der Waals surface area contributed by atoms with Gasteiger partial charge < -0.3 is 4.90 Å². The normalized spacial score (nSPS) is 14.2. The number of hydrogen-bond acceptors (Lipinski definition) is 4. The summed E-state index contributed by atoms with van der Waals surface area (Å²) in [6, 6.07) is 90.2. The second-order valence-corrected chi connectivity index (χ2v) is 19.1. The molecule has 350 valence electrons. The Kier molecular flexibility index (Phi) is 11.2. The molecule has 4 nitrogen and oxygen atoms in total. The summed E-state index contributed by atoms with van der Waals surface area (Å²) in [6.45, 7) is 4.08. The Hall–Kier alpha value is -9.51. The zero-order valence-corrected chi connectivity index (χ0v) is 41.2. The molecule has 2 aliphatic rings. The summed E-state index contributed by atoms with van der Waals surface area (Å²) in [6.07, 6.45) is 6.11. The zero-order chi connectivity index (χ0) is 49.6. The van der Waals surface area contributed by atoms with Crippen molar-refractivity contribution in [3.05, 3.63) is 295 Å². The standard InChI is InChI=1S/C70H50N4/c1-3-4-21-47(2)67-71-68(50-26-12-7-13-27-50)73-69(72-67)55-39-41-62-60-35-15-17-37-64(60)70(66(62)46-55)63-36-16-14-34-59(63)61-40-38-54(45-65(61)70)53-30-20-33-58(44-53)74(56-31-18-28-51(42-56)48-22-8-5-9-23-48)57-32-19-29-52(43-57)49-24-10-6-11-25-49/h3-46H,1-2H3. The van der Waals surface area contributed by atoms with E-state index < -0.39 is 5.41 Å². The highest BCUT2D eigenvalue weighted by Crippen LogP contribution is 2.63. The number of rotatable bonds is 10. The van der Waals surface area contributed by atoms with Gasteiger partial charge in [-0.3, -0.25) is 0 Å². The van der Waals surface area contributed by atoms with Gasteiger partial charge in [0.1, 0.15) is 0 Å². The molecule has 10 aromatic carbocycles. The summed E-state index contributed by atoms with van der Waals surface area (Å²) in [5.41, 5.74) is 22.4. The van der Waals surface area contributed by atoms with Crippen LogP contribution >= 0.6 is 0 Å². The lowest BCUT2D eigenvalue weighted by atomic mass is 9.70. The van der Waals surface area contributed by atoms with Crippen LogP contribution in [0.25, 0.3) is 84.0 Å². The smallest absolute Gasteiger partial charge is 0.164 e. The van der Waals surface area contributed by atoms with E-state index in [0.29, 0.717) is 17.5 Å². The summed E-state index contributed by atoms with van der Waals surface area (Å²) < 4.78 is 0. The molecule has 2 aliphatic carbocycles. The Morgan fingerprint density at radius 1 is 0.351 bits per heavy atom. The number of hydrogen-bond donors (Lipinski definition) is 0. The first-order chi connectivity index (χ1) is 36.5. The largest absolute Gasteiger partial charge is 0.310 e. The first kappa shape index (κ1) is 44.4. The summed E-state index contributed by atoms with van der Waals surface area (Å²) in [5, 5.41) is 0. The lowest BCUT2D eigenvalue weighted by molar-refractivity contribution is 0.794. The van der Waals surface area contributed by atoms with Crippen molar-refractivity contribution < 1.29 is 0 Å². The van der Waals surface area contributed by atoms with E-state index in [0.717, 1.165) is 56.0 Å². The molecule has 1 spiro atoms. The highest BCUT2D eigenvalue weighted by molar-refractivity contribution is 5.97. The van der Waals surface area contributed by atoms with Crippen molar-refractivity contribution in [1.82, 2.24) is 15.0 Å². The highest BCUT2D eigenvalue weighted by Gasteiger charge is 2.52. The molecule has 1 atom stereocenters. The number of benzene rings is 10. The van der Waals surface area contributed by atoms with Gasteiger partial charge in [-0.2, -0.15) is 0 Å². The second kappa shape index (κ2) is 18.6. The Bertz CT molecular complexity index is 3890. The summed E-state index contributed by atoms with van der Waals surface area (Å²) in [7, 11) is 0. The first-order valence-corrected chi connectivity index (χ1v) is 25.4. The number of fused-ring (bicyclic) bond motifs is 10. The SMILES string of the molecule is CC=CC=C(C)c1nc(-c2ccccc2)nc(-c2ccc3c(c2)C2(c4ccccc4-c4ccc(-c5cccc(N(c6cccc(-c7ccccc7)c6)c6cccc(-c7ccccc7)c6)c5)cc42)c2ccccc2-3)n1. The van der Waals surface area contributed by atoms with Crippen LogP contribution in [-0.2, 0) is 5.41 Å². The topological polar surface area (TPSA) is 41.9 Å². The molecular weight excluding hydrogens is 897 g/mol. The van der Waals surface area contributed by atoms with Gasteiger partial charge in [0.15, 0.2) is 17.5 Å². The van der Waals surface area contributed by atoms with Gasteiger partial charge in [0.25, 0.3) is 0 Å². The molecular formula is C70H50N4. The number of allylic oxidation sites excluding steroid dienone is 4. The molecule has 0 saturated carbocycles. The fraction of sp³-hybridized carbons (Fsp3) is 0.0429. The molecule has 0 N–H and O–H groups in total. The van der Waals surface area contributed by atoms with Gasteiger partial charge in [0.2, 0.25) is 0 Å². The van der Waals surface area contributed by atoms with Crippen LogP contribution in [0.3, 0.4) is 0 Å². The molecule has 0 aliphatic heterocycles. The molecule has 0 bridgehead atoms. The van der Waals surface area contributed by atoms with Crippen molar-refractivity contribution in [2.24, 2.45) is 0 Å². The minimum Gasteiger partial charge on any atom is -0.310 e. The summed E-state index contributed by atoms with van der Waals surface area (Å²) in [4.78, 5) is 17.8. The fourth-order valence-electron chi connectivity index (χ4n) is 11.4. The molecule has 13 rings (SSSR count). The van der Waals surface area contributed by atoms with Crippen molar-refractivity contribution in [2.45, 2.75) is 19.3 Å². The fourth-order valence-corrected chi connectivity index (χ4v) is 11.4. The maximum Gasteiger partial charge on any atom is 0.164 e. The van der Waals surface area contributed by atoms with Gasteiger partial charge in [-0.25, -0.2) is 15.0 Å². The highest BCUT2D eigenvalue weighted by atomic mass is 15.1. The van der Waals surface area contributed by atoms with Crippen molar-refractivity contribution in [3.63, 3.8) is 0 Å². The van der Waals surface area contributed by atoms with Crippen LogP contribution in [0.1, 0.15) is 41.9 Å². The van der Waals surface area contributed by atoms with Crippen molar-refractivity contribution >= 4 is 22.6 Å². The van der Waals surface area contributed by atoms with E-state index in [1.54, 1.807) is 0 Å². The van der Waals surface area contributed by atoms with Crippen molar-refractivity contribution in [2.75, 3.05) is 4.90 Å². The van der Waals surface area contributed by atoms with Gasteiger partial charge in [-0.05, 0) is 146 Å². The van der Waals surface area contributed by atoms with Gasteiger partial charge in [0.05, 0.1) is 5.41 Å². The lowest BCUT2D eigenvalue weighted by Gasteiger charge is -2.31. The number of anilines is 3. The van der Waals surface area contributed by atoms with Crippen LogP contribution in [0.4, 0.5) is 17.1 Å². The van der Waals surface area contributed by atoms with E-state index in [2.05, 4.69) is 248 Å². The molecule has 0 fully saturated rings. The van der Waals surface area contributed by atoms with E-state index in [-0.39, 0.29) is 0 Å². The second-order valence-electron chi connectivity index (χ2n) is 19.1. The molecule has 74 heavy (non-hydrogen) atoms. The van der Waals surface area contributed by atoms with Crippen LogP contribution in [0.15, 0.2) is 267 Å². The van der Waals surface area contributed by atoms with Crippen LogP contribution in [0.2, 0.25) is 0 Å². The lowest BCUT2D eigenvalue weighted by Crippen LogP contribution is -2.26. The van der Waals surface area contributed by atoms with E-state index in [1.807, 2.05) is 37.3 Å². The third-order valence-electron chi connectivity index (χ3n) is 14.8. The van der Waals surface area contributed by atoms with E-state index in [1.165, 1.54) is 55.6 Å². The first-order valence-electron chi connectivity index (χ1n) is 25.4. The van der Waals surface area contributed by atoms with E-state index >= 15 is 0 Å². The maximum atomic E-state index is 5.20. The molecule has 1 unspecified atom stereocenters. The van der Waals surface area contributed by atoms with Crippen LogP contribution in [0, 0.1) is 0 Å². The van der Waals surface area contributed by atoms with Gasteiger partial charge in [0, 0.05) is 28.2 Å². The van der Waals surface area contributed by atoms with Crippen molar-refractivity contribution in [3.8, 4) is 78.4 Å². The van der Waals surface area contributed by atoms with Crippen molar-refractivity contribution in [1.29, 1.82) is 0 Å². The molecule has 1 aromatic heterocycles. The third kappa shape index (κ3) is 7.59.